The van der Waals surface area contributed by atoms with Crippen LogP contribution in [0, 0.1) is 6.42 Å². The van der Waals surface area contributed by atoms with E-state index in [0.29, 0.717) is 5.92 Å². The van der Waals surface area contributed by atoms with Crippen molar-refractivity contribution in [3.05, 3.63) is 71.1 Å². The standard InChI is InChI=1S/C25H31.2ClH.Zr/c1-4-6-7-8-10-20-17-23-11-9-12-24(25(23)18-20)22-15-13-21(14-16-22)19(3)5-2;;;/h9,11-19H,4-8,10H2,1-3H3;2*1H;/q;;;+2/p-2. The maximum atomic E-state index is 4.93. The van der Waals surface area contributed by atoms with E-state index in [4.69, 9.17) is 17.0 Å². The van der Waals surface area contributed by atoms with Gasteiger partial charge in [-0.15, -0.1) is 0 Å². The van der Waals surface area contributed by atoms with Crippen molar-refractivity contribution in [3.8, 4) is 11.1 Å². The second-order valence-corrected chi connectivity index (χ2v) is 11.2. The van der Waals surface area contributed by atoms with Crippen LogP contribution in [0.25, 0.3) is 17.2 Å². The Morgan fingerprint density at radius 1 is 0.929 bits per heavy atom. The molecule has 0 aromatic heterocycles. The van der Waals surface area contributed by atoms with E-state index < -0.39 is 20.8 Å². The van der Waals surface area contributed by atoms with Crippen LogP contribution in [0.4, 0.5) is 0 Å². The van der Waals surface area contributed by atoms with Gasteiger partial charge in [-0.05, 0) is 53.0 Å². The van der Waals surface area contributed by atoms with E-state index in [1.807, 2.05) is 0 Å². The predicted molar refractivity (Wildman–Crippen MR) is 122 cm³/mol. The Morgan fingerprint density at radius 3 is 2.29 bits per heavy atom. The first kappa shape index (κ1) is 23.9. The number of hydrogen-bond donors (Lipinski definition) is 0. The van der Waals surface area contributed by atoms with Gasteiger partial charge in [0.1, 0.15) is 0 Å². The summed E-state index contributed by atoms with van der Waals surface area (Å²) in [6.07, 6.45) is 12.5. The topological polar surface area (TPSA) is 0 Å². The quantitative estimate of drug-likeness (QED) is 0.322. The first-order valence-electron chi connectivity index (χ1n) is 10.4. The number of fused-ring (bicyclic) bond motifs is 1. The molecule has 3 heteroatoms. The molecule has 28 heavy (non-hydrogen) atoms. The first-order chi connectivity index (χ1) is 13.6. The van der Waals surface area contributed by atoms with Gasteiger partial charge in [0.05, 0.1) is 0 Å². The van der Waals surface area contributed by atoms with Crippen LogP contribution in [-0.4, -0.2) is 0 Å². The summed E-state index contributed by atoms with van der Waals surface area (Å²) in [5.41, 5.74) is 8.43. The molecule has 0 amide bonds. The number of allylic oxidation sites excluding steroid dienone is 1. The average molecular weight is 494 g/mol. The minimum atomic E-state index is -0.826. The molecular formula is C25H31Cl2Zr. The number of hydrogen-bond acceptors (Lipinski definition) is 0. The molecule has 3 rings (SSSR count). The van der Waals surface area contributed by atoms with Crippen molar-refractivity contribution in [1.29, 1.82) is 0 Å². The van der Waals surface area contributed by atoms with E-state index in [2.05, 4.69) is 75.7 Å². The van der Waals surface area contributed by atoms with Crippen molar-refractivity contribution >= 4 is 23.1 Å². The van der Waals surface area contributed by atoms with Gasteiger partial charge in [-0.1, -0.05) is 94.1 Å². The number of benzene rings is 2. The van der Waals surface area contributed by atoms with Crippen molar-refractivity contribution < 1.29 is 20.8 Å². The molecule has 2 aromatic rings. The third-order valence-electron chi connectivity index (χ3n) is 5.53. The van der Waals surface area contributed by atoms with Crippen molar-refractivity contribution in [2.24, 2.45) is 0 Å². The second kappa shape index (κ2) is 13.0. The average Bonchev–Trinajstić information content (AvgIpc) is 3.14. The maximum absolute atomic E-state index is 4.93. The van der Waals surface area contributed by atoms with E-state index in [1.54, 1.807) is 0 Å². The molecule has 1 atom stereocenters. The fraction of sp³-hybridized carbons (Fsp3) is 0.400. The summed E-state index contributed by atoms with van der Waals surface area (Å²) >= 11 is -0.826. The first-order valence-corrected chi connectivity index (χ1v) is 16.7. The summed E-state index contributed by atoms with van der Waals surface area (Å²) < 4.78 is 0. The molecule has 0 fully saturated rings. The van der Waals surface area contributed by atoms with Gasteiger partial charge in [0, 0.05) is 6.42 Å². The van der Waals surface area contributed by atoms with Crippen LogP contribution in [0.1, 0.15) is 81.9 Å². The van der Waals surface area contributed by atoms with Crippen LogP contribution in [-0.2, 0) is 20.8 Å². The SMILES string of the molecule is CCCCCCC1=Cc2c(cccc2-c2ccc(C(C)CC)cc2)[CH]1.[Cl][Zr][Cl]. The summed E-state index contributed by atoms with van der Waals surface area (Å²) in [6, 6.07) is 15.9. The molecule has 149 valence electrons. The summed E-state index contributed by atoms with van der Waals surface area (Å²) in [4.78, 5) is 0. The van der Waals surface area contributed by atoms with Gasteiger partial charge in [-0.2, -0.15) is 0 Å². The molecular weight excluding hydrogens is 462 g/mol. The van der Waals surface area contributed by atoms with Crippen LogP contribution >= 0.6 is 17.0 Å². The van der Waals surface area contributed by atoms with Gasteiger partial charge < -0.3 is 0 Å². The Labute approximate surface area is 190 Å². The normalized spacial score (nSPS) is 13.2. The number of rotatable bonds is 8. The Morgan fingerprint density at radius 2 is 1.64 bits per heavy atom. The van der Waals surface area contributed by atoms with Gasteiger partial charge >= 0.3 is 37.9 Å². The molecule has 0 saturated heterocycles. The molecule has 0 N–H and O–H groups in total. The van der Waals surface area contributed by atoms with Gasteiger partial charge in [-0.25, -0.2) is 0 Å². The monoisotopic (exact) mass is 491 g/mol. The number of halogens is 2. The molecule has 2 aromatic carbocycles. The summed E-state index contributed by atoms with van der Waals surface area (Å²) in [7, 11) is 9.87. The summed E-state index contributed by atoms with van der Waals surface area (Å²) in [5, 5.41) is 0. The van der Waals surface area contributed by atoms with E-state index in [0.717, 1.165) is 0 Å². The predicted octanol–water partition coefficient (Wildman–Crippen LogP) is 9.16. The van der Waals surface area contributed by atoms with E-state index in [-0.39, 0.29) is 0 Å². The second-order valence-electron chi connectivity index (χ2n) is 7.49. The van der Waals surface area contributed by atoms with Crippen molar-refractivity contribution in [2.75, 3.05) is 0 Å². The molecule has 0 spiro atoms. The molecule has 0 saturated carbocycles. The van der Waals surface area contributed by atoms with Crippen LogP contribution in [0.3, 0.4) is 0 Å². The van der Waals surface area contributed by atoms with Gasteiger partial charge in [0.25, 0.3) is 0 Å². The fourth-order valence-corrected chi connectivity index (χ4v) is 3.68. The van der Waals surface area contributed by atoms with Crippen LogP contribution in [0.5, 0.6) is 0 Å². The summed E-state index contributed by atoms with van der Waals surface area (Å²) in [6.45, 7) is 6.83. The van der Waals surface area contributed by atoms with Crippen molar-refractivity contribution in [2.45, 2.75) is 65.2 Å². The molecule has 1 aliphatic carbocycles. The number of unbranched alkanes of at least 4 members (excludes halogenated alkanes) is 3. The van der Waals surface area contributed by atoms with E-state index in [9.17, 15) is 0 Å². The van der Waals surface area contributed by atoms with Gasteiger partial charge in [0.15, 0.2) is 0 Å². The minimum absolute atomic E-state index is 0.637. The molecule has 0 bridgehead atoms. The fourth-order valence-electron chi connectivity index (χ4n) is 3.68. The van der Waals surface area contributed by atoms with Crippen LogP contribution in [0.2, 0.25) is 0 Å². The molecule has 0 heterocycles. The third kappa shape index (κ3) is 6.86. The molecule has 0 aliphatic heterocycles. The summed E-state index contributed by atoms with van der Waals surface area (Å²) in [5.74, 6) is 0.637. The molecule has 1 unspecified atom stereocenters. The third-order valence-corrected chi connectivity index (χ3v) is 5.53. The molecule has 0 nitrogen and oxygen atoms in total. The van der Waals surface area contributed by atoms with E-state index >= 15 is 0 Å². The van der Waals surface area contributed by atoms with Crippen molar-refractivity contribution in [1.82, 2.24) is 0 Å². The Balaban J connectivity index is 0.000000878. The van der Waals surface area contributed by atoms with Crippen molar-refractivity contribution in [3.63, 3.8) is 0 Å². The molecule has 1 aliphatic rings. The van der Waals surface area contributed by atoms with Crippen LogP contribution < -0.4 is 0 Å². The molecule has 1 radical (unpaired) electrons. The Bertz CT molecular complexity index is 750. The van der Waals surface area contributed by atoms with Crippen LogP contribution in [0.15, 0.2) is 48.0 Å². The zero-order valence-corrected chi connectivity index (χ0v) is 21.2. The van der Waals surface area contributed by atoms with E-state index in [1.165, 1.54) is 71.9 Å². The van der Waals surface area contributed by atoms with Gasteiger partial charge in [-0.3, -0.25) is 0 Å². The zero-order chi connectivity index (χ0) is 20.4. The zero-order valence-electron chi connectivity index (χ0n) is 17.3. The van der Waals surface area contributed by atoms with Gasteiger partial charge in [0.2, 0.25) is 0 Å². The Kier molecular flexibility index (Phi) is 11.1. The Hall–Kier alpha value is -0.357.